The number of carbonyl (C=O) groups excluding carboxylic acids is 1. The Labute approximate surface area is 154 Å². The van der Waals surface area contributed by atoms with Gasteiger partial charge in [0.25, 0.3) is 5.91 Å². The van der Waals surface area contributed by atoms with Gasteiger partial charge in [-0.15, -0.1) is 0 Å². The number of hydrogen-bond acceptors (Lipinski definition) is 7. The number of nitrogens with zero attached hydrogens (tertiary/aromatic N) is 3. The molecule has 0 atom stereocenters. The summed E-state index contributed by atoms with van der Waals surface area (Å²) in [5.74, 6) is 0.746. The lowest BCUT2D eigenvalue weighted by molar-refractivity contribution is 0.0946. The molecule has 138 valence electrons. The van der Waals surface area contributed by atoms with Crippen LogP contribution in [0, 0.1) is 0 Å². The van der Waals surface area contributed by atoms with Gasteiger partial charge in [0.15, 0.2) is 0 Å². The third-order valence-electron chi connectivity index (χ3n) is 4.32. The van der Waals surface area contributed by atoms with E-state index in [1.807, 2.05) is 12.1 Å². The highest BCUT2D eigenvalue weighted by Gasteiger charge is 2.15. The van der Waals surface area contributed by atoms with Gasteiger partial charge in [-0.25, -0.2) is 14.8 Å². The van der Waals surface area contributed by atoms with Crippen LogP contribution in [0.15, 0.2) is 51.8 Å². The van der Waals surface area contributed by atoms with E-state index in [4.69, 9.17) is 9.15 Å². The highest BCUT2D eigenvalue weighted by molar-refractivity contribution is 5.96. The molecule has 1 aliphatic rings. The monoisotopic (exact) mass is 366 g/mol. The molecule has 4 rings (SSSR count). The number of carbonyl (C=O) groups is 1. The Kier molecular flexibility index (Phi) is 4.80. The minimum Gasteiger partial charge on any atom is -0.422 e. The summed E-state index contributed by atoms with van der Waals surface area (Å²) in [5.41, 5.74) is -0.271. The van der Waals surface area contributed by atoms with Crippen LogP contribution < -0.4 is 15.8 Å². The van der Waals surface area contributed by atoms with Gasteiger partial charge in [0.05, 0.1) is 19.8 Å². The van der Waals surface area contributed by atoms with Crippen molar-refractivity contribution in [3.63, 3.8) is 0 Å². The van der Waals surface area contributed by atoms with Gasteiger partial charge in [0, 0.05) is 24.7 Å². The van der Waals surface area contributed by atoms with Crippen molar-refractivity contribution in [3.05, 3.63) is 64.4 Å². The van der Waals surface area contributed by atoms with Gasteiger partial charge >= 0.3 is 5.63 Å². The van der Waals surface area contributed by atoms with E-state index in [2.05, 4.69) is 20.2 Å². The first-order chi connectivity index (χ1) is 13.2. The summed E-state index contributed by atoms with van der Waals surface area (Å²) in [6.07, 6.45) is 1.66. The van der Waals surface area contributed by atoms with Gasteiger partial charge in [-0.1, -0.05) is 18.2 Å². The minimum absolute atomic E-state index is 0.0435. The van der Waals surface area contributed by atoms with Crippen molar-refractivity contribution < 1.29 is 13.9 Å². The Morgan fingerprint density at radius 1 is 1.19 bits per heavy atom. The van der Waals surface area contributed by atoms with Crippen molar-refractivity contribution in [2.24, 2.45) is 0 Å². The molecule has 1 saturated heterocycles. The van der Waals surface area contributed by atoms with E-state index in [-0.39, 0.29) is 12.1 Å². The molecule has 0 bridgehead atoms. The van der Waals surface area contributed by atoms with Gasteiger partial charge in [-0.3, -0.25) is 4.79 Å². The SMILES string of the molecule is O=C(NCc1nccc(N2CCOCC2)n1)c1cc2ccccc2oc1=O. The lowest BCUT2D eigenvalue weighted by Gasteiger charge is -2.27. The molecule has 1 aromatic carbocycles. The Morgan fingerprint density at radius 3 is 2.85 bits per heavy atom. The summed E-state index contributed by atoms with van der Waals surface area (Å²) in [6.45, 7) is 2.97. The number of aromatic nitrogens is 2. The quantitative estimate of drug-likeness (QED) is 0.696. The molecule has 0 radical (unpaired) electrons. The molecule has 3 aromatic rings. The van der Waals surface area contributed by atoms with Crippen LogP contribution in [-0.4, -0.2) is 42.2 Å². The smallest absolute Gasteiger partial charge is 0.349 e. The summed E-state index contributed by atoms with van der Waals surface area (Å²) < 4.78 is 10.5. The van der Waals surface area contributed by atoms with Crippen LogP contribution in [0.5, 0.6) is 0 Å². The maximum absolute atomic E-state index is 12.4. The molecule has 2 aromatic heterocycles. The number of fused-ring (bicyclic) bond motifs is 1. The number of ether oxygens (including phenoxy) is 1. The molecule has 0 saturated carbocycles. The predicted octanol–water partition coefficient (Wildman–Crippen LogP) is 1.35. The van der Waals surface area contributed by atoms with Gasteiger partial charge in [-0.2, -0.15) is 0 Å². The molecule has 27 heavy (non-hydrogen) atoms. The van der Waals surface area contributed by atoms with E-state index in [0.717, 1.165) is 18.9 Å². The number of amides is 1. The van der Waals surface area contributed by atoms with Crippen LogP contribution in [0.4, 0.5) is 5.82 Å². The lowest BCUT2D eigenvalue weighted by Crippen LogP contribution is -2.37. The second-order valence-corrected chi connectivity index (χ2v) is 6.10. The van der Waals surface area contributed by atoms with Crippen LogP contribution >= 0.6 is 0 Å². The first kappa shape index (κ1) is 17.2. The lowest BCUT2D eigenvalue weighted by atomic mass is 10.2. The molecular weight excluding hydrogens is 348 g/mol. The zero-order valence-corrected chi connectivity index (χ0v) is 14.6. The fourth-order valence-electron chi connectivity index (χ4n) is 2.92. The number of morpholine rings is 1. The molecule has 1 N–H and O–H groups in total. The van der Waals surface area contributed by atoms with Gasteiger partial charge in [-0.05, 0) is 18.2 Å². The largest absolute Gasteiger partial charge is 0.422 e. The van der Waals surface area contributed by atoms with E-state index in [0.29, 0.717) is 30.0 Å². The number of nitrogens with one attached hydrogen (secondary N) is 1. The molecule has 3 heterocycles. The molecule has 0 spiro atoms. The summed E-state index contributed by atoms with van der Waals surface area (Å²) in [5, 5.41) is 3.37. The number of anilines is 1. The molecule has 8 heteroatoms. The minimum atomic E-state index is -0.672. The summed E-state index contributed by atoms with van der Waals surface area (Å²) in [4.78, 5) is 35.3. The average molecular weight is 366 g/mol. The standard InChI is InChI=1S/C19H18N4O4/c24-18(14-11-13-3-1-2-4-15(13)27-19(14)25)21-12-16-20-6-5-17(22-16)23-7-9-26-10-8-23/h1-6,11H,7-10,12H2,(H,21,24). The number of hydrogen-bond donors (Lipinski definition) is 1. The Bertz CT molecular complexity index is 1030. The topological polar surface area (TPSA) is 97.6 Å². The second kappa shape index (κ2) is 7.55. The normalized spacial score (nSPS) is 14.3. The van der Waals surface area contributed by atoms with Gasteiger partial charge in [0.1, 0.15) is 22.8 Å². The average Bonchev–Trinajstić information content (AvgIpc) is 2.72. The van der Waals surface area contributed by atoms with Crippen LogP contribution in [0.2, 0.25) is 0 Å². The van der Waals surface area contributed by atoms with Crippen molar-refractivity contribution in [2.75, 3.05) is 31.2 Å². The zero-order valence-electron chi connectivity index (χ0n) is 14.6. The van der Waals surface area contributed by atoms with E-state index in [1.165, 1.54) is 6.07 Å². The number of rotatable bonds is 4. The third-order valence-corrected chi connectivity index (χ3v) is 4.32. The number of para-hydroxylation sites is 1. The molecule has 1 amide bonds. The van der Waals surface area contributed by atoms with Gasteiger partial charge in [0.2, 0.25) is 0 Å². The highest BCUT2D eigenvalue weighted by Crippen LogP contribution is 2.13. The van der Waals surface area contributed by atoms with E-state index in [1.54, 1.807) is 24.4 Å². The van der Waals surface area contributed by atoms with Crippen LogP contribution in [0.1, 0.15) is 16.2 Å². The molecule has 8 nitrogen and oxygen atoms in total. The molecular formula is C19H18N4O4. The van der Waals surface area contributed by atoms with Crippen molar-refractivity contribution in [1.82, 2.24) is 15.3 Å². The van der Waals surface area contributed by atoms with Crippen molar-refractivity contribution in [1.29, 1.82) is 0 Å². The van der Waals surface area contributed by atoms with Crippen molar-refractivity contribution in [3.8, 4) is 0 Å². The molecule has 1 aliphatic heterocycles. The van der Waals surface area contributed by atoms with E-state index < -0.39 is 11.5 Å². The van der Waals surface area contributed by atoms with Crippen molar-refractivity contribution >= 4 is 22.7 Å². The maximum Gasteiger partial charge on any atom is 0.349 e. The number of benzene rings is 1. The highest BCUT2D eigenvalue weighted by atomic mass is 16.5. The van der Waals surface area contributed by atoms with Crippen LogP contribution in [0.25, 0.3) is 11.0 Å². The summed E-state index contributed by atoms with van der Waals surface area (Å²) >= 11 is 0. The Morgan fingerprint density at radius 2 is 2.00 bits per heavy atom. The van der Waals surface area contributed by atoms with Crippen molar-refractivity contribution in [2.45, 2.75) is 6.54 Å². The Hall–Kier alpha value is -3.26. The van der Waals surface area contributed by atoms with Gasteiger partial charge < -0.3 is 19.4 Å². The summed E-state index contributed by atoms with van der Waals surface area (Å²) in [7, 11) is 0. The van der Waals surface area contributed by atoms with Crippen LogP contribution in [-0.2, 0) is 11.3 Å². The third kappa shape index (κ3) is 3.80. The molecule has 0 unspecified atom stereocenters. The zero-order chi connectivity index (χ0) is 18.6. The van der Waals surface area contributed by atoms with E-state index >= 15 is 0 Å². The summed E-state index contributed by atoms with van der Waals surface area (Å²) in [6, 6.07) is 10.4. The van der Waals surface area contributed by atoms with Crippen LogP contribution in [0.3, 0.4) is 0 Å². The van der Waals surface area contributed by atoms with E-state index in [9.17, 15) is 9.59 Å². The fourth-order valence-corrected chi connectivity index (χ4v) is 2.92. The second-order valence-electron chi connectivity index (χ2n) is 6.10. The predicted molar refractivity (Wildman–Crippen MR) is 98.7 cm³/mol. The first-order valence-electron chi connectivity index (χ1n) is 8.66. The molecule has 1 fully saturated rings. The maximum atomic E-state index is 12.4. The fraction of sp³-hybridized carbons (Fsp3) is 0.263. The first-order valence-corrected chi connectivity index (χ1v) is 8.66. The molecule has 0 aliphatic carbocycles. The Balaban J connectivity index is 1.48.